The van der Waals surface area contributed by atoms with Crippen LogP contribution < -0.4 is 10.1 Å². The number of hydrogen-bond donors (Lipinski definition) is 2. The number of carboxylic acids is 1. The van der Waals surface area contributed by atoms with Gasteiger partial charge in [-0.2, -0.15) is 0 Å². The zero-order valence-electron chi connectivity index (χ0n) is 11.2. The minimum Gasteiger partial charge on any atom is -0.488 e. The number of anilines is 1. The standard InChI is InChI=1S/C14H17NO5/c1-9(14(17)18)13(16)15-10-2-4-11(5-3-10)20-12-6-7-19-8-12/h2-5,9,12H,6-8H2,1H3,(H,15,16)(H,17,18). The van der Waals surface area contributed by atoms with Gasteiger partial charge in [0.25, 0.3) is 0 Å². The molecule has 1 amide bonds. The highest BCUT2D eigenvalue weighted by Crippen LogP contribution is 2.20. The topological polar surface area (TPSA) is 84.9 Å². The Morgan fingerprint density at radius 2 is 2.10 bits per heavy atom. The molecule has 0 aliphatic carbocycles. The van der Waals surface area contributed by atoms with Crippen LogP contribution in [0.5, 0.6) is 5.75 Å². The molecule has 2 unspecified atom stereocenters. The molecule has 0 radical (unpaired) electrons. The molecule has 2 rings (SSSR count). The molecule has 0 bridgehead atoms. The highest BCUT2D eigenvalue weighted by Gasteiger charge is 2.20. The largest absolute Gasteiger partial charge is 0.488 e. The Kier molecular flexibility index (Phi) is 4.57. The molecule has 1 aliphatic rings. The van der Waals surface area contributed by atoms with Gasteiger partial charge in [-0.15, -0.1) is 0 Å². The van der Waals surface area contributed by atoms with Crippen molar-refractivity contribution in [1.82, 2.24) is 0 Å². The van der Waals surface area contributed by atoms with E-state index in [2.05, 4.69) is 5.32 Å². The Hall–Kier alpha value is -2.08. The summed E-state index contributed by atoms with van der Waals surface area (Å²) in [6.07, 6.45) is 0.941. The van der Waals surface area contributed by atoms with Crippen LogP contribution in [0.4, 0.5) is 5.69 Å². The lowest BCUT2D eigenvalue weighted by Crippen LogP contribution is -2.26. The van der Waals surface area contributed by atoms with Gasteiger partial charge in [0.15, 0.2) is 0 Å². The molecule has 2 N–H and O–H groups in total. The molecule has 0 saturated carbocycles. The molecule has 1 aromatic carbocycles. The zero-order chi connectivity index (χ0) is 14.5. The van der Waals surface area contributed by atoms with E-state index < -0.39 is 17.8 Å². The fourth-order valence-corrected chi connectivity index (χ4v) is 1.78. The molecule has 0 spiro atoms. The lowest BCUT2D eigenvalue weighted by atomic mass is 10.1. The van der Waals surface area contributed by atoms with Crippen LogP contribution in [0.15, 0.2) is 24.3 Å². The van der Waals surface area contributed by atoms with Crippen molar-refractivity contribution in [3.05, 3.63) is 24.3 Å². The number of carbonyl (C=O) groups excluding carboxylic acids is 1. The van der Waals surface area contributed by atoms with E-state index in [-0.39, 0.29) is 6.10 Å². The van der Waals surface area contributed by atoms with E-state index in [1.165, 1.54) is 6.92 Å². The van der Waals surface area contributed by atoms with Crippen LogP contribution in [0.2, 0.25) is 0 Å². The summed E-state index contributed by atoms with van der Waals surface area (Å²) in [5.74, 6) is -2.08. The first-order chi connectivity index (χ1) is 9.56. The van der Waals surface area contributed by atoms with E-state index in [1.807, 2.05) is 0 Å². The van der Waals surface area contributed by atoms with Crippen molar-refractivity contribution in [3.8, 4) is 5.75 Å². The summed E-state index contributed by atoms with van der Waals surface area (Å²) in [6, 6.07) is 6.83. The first kappa shape index (κ1) is 14.3. The molecular weight excluding hydrogens is 262 g/mol. The van der Waals surface area contributed by atoms with Crippen molar-refractivity contribution >= 4 is 17.6 Å². The molecule has 1 aromatic rings. The van der Waals surface area contributed by atoms with Crippen molar-refractivity contribution in [3.63, 3.8) is 0 Å². The second-order valence-corrected chi connectivity index (χ2v) is 4.68. The molecule has 20 heavy (non-hydrogen) atoms. The molecule has 6 nitrogen and oxygen atoms in total. The first-order valence-corrected chi connectivity index (χ1v) is 6.44. The van der Waals surface area contributed by atoms with Gasteiger partial charge in [-0.25, -0.2) is 0 Å². The number of benzene rings is 1. The van der Waals surface area contributed by atoms with E-state index >= 15 is 0 Å². The predicted molar refractivity (Wildman–Crippen MR) is 71.7 cm³/mol. The van der Waals surface area contributed by atoms with Crippen molar-refractivity contribution in [2.24, 2.45) is 5.92 Å². The number of rotatable bonds is 5. The van der Waals surface area contributed by atoms with Crippen LogP contribution in [-0.4, -0.2) is 36.3 Å². The van der Waals surface area contributed by atoms with Crippen LogP contribution in [0, 0.1) is 5.92 Å². The van der Waals surface area contributed by atoms with E-state index in [1.54, 1.807) is 24.3 Å². The summed E-state index contributed by atoms with van der Waals surface area (Å²) in [4.78, 5) is 22.3. The average Bonchev–Trinajstić information content (AvgIpc) is 2.92. The van der Waals surface area contributed by atoms with Crippen LogP contribution in [0.1, 0.15) is 13.3 Å². The van der Waals surface area contributed by atoms with Crippen molar-refractivity contribution in [2.45, 2.75) is 19.4 Å². The molecular formula is C14H17NO5. The minimum atomic E-state index is -1.15. The number of amides is 1. The Morgan fingerprint density at radius 3 is 2.65 bits per heavy atom. The Labute approximate surface area is 116 Å². The number of carboxylic acid groups (broad SMARTS) is 1. The molecule has 1 heterocycles. The van der Waals surface area contributed by atoms with Crippen LogP contribution in [0.25, 0.3) is 0 Å². The number of aliphatic carboxylic acids is 1. The molecule has 0 aromatic heterocycles. The molecule has 1 fully saturated rings. The maximum Gasteiger partial charge on any atom is 0.315 e. The van der Waals surface area contributed by atoms with Crippen molar-refractivity contribution in [1.29, 1.82) is 0 Å². The first-order valence-electron chi connectivity index (χ1n) is 6.44. The van der Waals surface area contributed by atoms with Gasteiger partial charge in [0.2, 0.25) is 5.91 Å². The van der Waals surface area contributed by atoms with Gasteiger partial charge in [0.1, 0.15) is 17.8 Å². The predicted octanol–water partition coefficient (Wildman–Crippen LogP) is 1.51. The van der Waals surface area contributed by atoms with Gasteiger partial charge in [0, 0.05) is 12.1 Å². The highest BCUT2D eigenvalue weighted by atomic mass is 16.5. The average molecular weight is 279 g/mol. The Bertz CT molecular complexity index is 479. The van der Waals surface area contributed by atoms with Gasteiger partial charge >= 0.3 is 5.97 Å². The van der Waals surface area contributed by atoms with Gasteiger partial charge in [-0.05, 0) is 31.2 Å². The number of hydrogen-bond acceptors (Lipinski definition) is 4. The summed E-state index contributed by atoms with van der Waals surface area (Å²) in [5, 5.41) is 11.3. The zero-order valence-corrected chi connectivity index (χ0v) is 11.2. The fourth-order valence-electron chi connectivity index (χ4n) is 1.78. The van der Waals surface area contributed by atoms with Gasteiger partial charge < -0.3 is 19.9 Å². The lowest BCUT2D eigenvalue weighted by molar-refractivity contribution is -0.144. The third-order valence-corrected chi connectivity index (χ3v) is 3.08. The monoisotopic (exact) mass is 279 g/mol. The molecule has 1 aliphatic heterocycles. The number of carbonyl (C=O) groups is 2. The van der Waals surface area contributed by atoms with Crippen molar-refractivity contribution < 1.29 is 24.2 Å². The second kappa shape index (κ2) is 6.38. The van der Waals surface area contributed by atoms with E-state index in [4.69, 9.17) is 14.6 Å². The van der Waals surface area contributed by atoms with Crippen molar-refractivity contribution in [2.75, 3.05) is 18.5 Å². The van der Waals surface area contributed by atoms with E-state index in [0.717, 1.165) is 6.42 Å². The lowest BCUT2D eigenvalue weighted by Gasteiger charge is -2.13. The SMILES string of the molecule is CC(C(=O)O)C(=O)Nc1ccc(OC2CCOC2)cc1. The third-order valence-electron chi connectivity index (χ3n) is 3.08. The van der Waals surface area contributed by atoms with E-state index in [0.29, 0.717) is 24.7 Å². The number of nitrogens with one attached hydrogen (secondary N) is 1. The number of ether oxygens (including phenoxy) is 2. The summed E-state index contributed by atoms with van der Waals surface area (Å²) in [5.41, 5.74) is 0.540. The second-order valence-electron chi connectivity index (χ2n) is 4.68. The Morgan fingerprint density at radius 1 is 1.40 bits per heavy atom. The highest BCUT2D eigenvalue weighted by molar-refractivity contribution is 6.03. The minimum absolute atomic E-state index is 0.0717. The maximum atomic E-state index is 11.6. The van der Waals surface area contributed by atoms with Gasteiger partial charge in [0.05, 0.1) is 13.2 Å². The van der Waals surface area contributed by atoms with Crippen LogP contribution >= 0.6 is 0 Å². The molecule has 2 atom stereocenters. The van der Waals surface area contributed by atoms with Gasteiger partial charge in [-0.1, -0.05) is 0 Å². The Balaban J connectivity index is 1.90. The molecule has 6 heteroatoms. The molecule has 1 saturated heterocycles. The summed E-state index contributed by atoms with van der Waals surface area (Å²) < 4.78 is 10.9. The summed E-state index contributed by atoms with van der Waals surface area (Å²) >= 11 is 0. The normalized spacial score (nSPS) is 19.4. The molecule has 108 valence electrons. The van der Waals surface area contributed by atoms with Gasteiger partial charge in [-0.3, -0.25) is 9.59 Å². The summed E-state index contributed by atoms with van der Waals surface area (Å²) in [6.45, 7) is 2.65. The van der Waals surface area contributed by atoms with Crippen LogP contribution in [0.3, 0.4) is 0 Å². The van der Waals surface area contributed by atoms with E-state index in [9.17, 15) is 9.59 Å². The third kappa shape index (κ3) is 3.71. The smallest absolute Gasteiger partial charge is 0.315 e. The fraction of sp³-hybridized carbons (Fsp3) is 0.429. The summed E-state index contributed by atoms with van der Waals surface area (Å²) in [7, 11) is 0. The van der Waals surface area contributed by atoms with Crippen LogP contribution in [-0.2, 0) is 14.3 Å². The maximum absolute atomic E-state index is 11.6. The quantitative estimate of drug-likeness (QED) is 0.798.